The lowest BCUT2D eigenvalue weighted by molar-refractivity contribution is -0.136. The molecule has 33 heavy (non-hydrogen) atoms. The second-order valence-electron chi connectivity index (χ2n) is 9.88. The lowest BCUT2D eigenvalue weighted by Gasteiger charge is -2.36. The van der Waals surface area contributed by atoms with Crippen molar-refractivity contribution in [3.05, 3.63) is 41.3 Å². The molecule has 0 atom stereocenters. The number of carbonyl (C=O) groups is 1. The smallest absolute Gasteiger partial charge is 0.226 e. The summed E-state index contributed by atoms with van der Waals surface area (Å²) in [6.45, 7) is 9.68. The van der Waals surface area contributed by atoms with Gasteiger partial charge < -0.3 is 14.7 Å². The number of hydrogen-bond donors (Lipinski definition) is 0. The van der Waals surface area contributed by atoms with Gasteiger partial charge >= 0.3 is 0 Å². The first-order chi connectivity index (χ1) is 16.0. The van der Waals surface area contributed by atoms with Crippen LogP contribution in [0.5, 0.6) is 0 Å². The number of likely N-dealkylation sites (N-methyl/N-ethyl adjacent to an activating group) is 1. The molecule has 3 aliphatic rings. The molecule has 1 saturated heterocycles. The van der Waals surface area contributed by atoms with E-state index in [1.807, 2.05) is 17.7 Å². The minimum absolute atomic E-state index is 0.181. The van der Waals surface area contributed by atoms with Crippen molar-refractivity contribution in [2.45, 2.75) is 65.0 Å². The summed E-state index contributed by atoms with van der Waals surface area (Å²) in [5.41, 5.74) is 2.77. The van der Waals surface area contributed by atoms with Crippen LogP contribution in [0.3, 0.4) is 0 Å². The minimum Gasteiger partial charge on any atom is -0.354 e. The van der Waals surface area contributed by atoms with E-state index in [1.54, 1.807) is 12.1 Å². The van der Waals surface area contributed by atoms with Gasteiger partial charge in [0.05, 0.1) is 17.9 Å². The number of aryl methyl sites for hydroxylation is 1. The molecular formula is C26H36FN5O. The highest BCUT2D eigenvalue weighted by Crippen LogP contribution is 2.37. The minimum atomic E-state index is -0.264. The van der Waals surface area contributed by atoms with Crippen molar-refractivity contribution in [1.82, 2.24) is 19.6 Å². The number of carbonyl (C=O) groups excluding carboxylic acids is 1. The summed E-state index contributed by atoms with van der Waals surface area (Å²) in [6, 6.07) is 7.02. The fourth-order valence-electron chi connectivity index (χ4n) is 5.47. The van der Waals surface area contributed by atoms with Gasteiger partial charge in [-0.1, -0.05) is 25.8 Å². The third-order valence-corrected chi connectivity index (χ3v) is 7.63. The van der Waals surface area contributed by atoms with Gasteiger partial charge in [0.2, 0.25) is 5.91 Å². The zero-order valence-electron chi connectivity index (χ0n) is 20.0. The van der Waals surface area contributed by atoms with E-state index in [2.05, 4.69) is 21.6 Å². The maximum atomic E-state index is 14.1. The van der Waals surface area contributed by atoms with Crippen molar-refractivity contribution < 1.29 is 9.18 Å². The number of anilines is 1. The van der Waals surface area contributed by atoms with Crippen LogP contribution in [-0.4, -0.2) is 64.3 Å². The number of rotatable bonds is 7. The van der Waals surface area contributed by atoms with Gasteiger partial charge in [-0.2, -0.15) is 5.10 Å². The summed E-state index contributed by atoms with van der Waals surface area (Å²) in [6.07, 6.45) is 6.57. The number of benzene rings is 1. The number of halogens is 1. The van der Waals surface area contributed by atoms with Gasteiger partial charge in [0.15, 0.2) is 0 Å². The second kappa shape index (κ2) is 9.45. The van der Waals surface area contributed by atoms with Crippen molar-refractivity contribution >= 4 is 11.7 Å². The van der Waals surface area contributed by atoms with E-state index >= 15 is 0 Å². The molecule has 0 N–H and O–H groups in total. The Kier molecular flexibility index (Phi) is 6.41. The third kappa shape index (κ3) is 4.65. The average molecular weight is 454 g/mol. The van der Waals surface area contributed by atoms with E-state index < -0.39 is 0 Å². The van der Waals surface area contributed by atoms with Crippen molar-refractivity contribution in [1.29, 1.82) is 0 Å². The molecule has 6 nitrogen and oxygen atoms in total. The van der Waals surface area contributed by atoms with Gasteiger partial charge in [-0.15, -0.1) is 0 Å². The third-order valence-electron chi connectivity index (χ3n) is 7.63. The fourth-order valence-corrected chi connectivity index (χ4v) is 5.47. The summed E-state index contributed by atoms with van der Waals surface area (Å²) >= 11 is 0. The molecule has 1 amide bonds. The van der Waals surface area contributed by atoms with Crippen LogP contribution in [0.1, 0.15) is 56.7 Å². The molecule has 5 rings (SSSR count). The lowest BCUT2D eigenvalue weighted by atomic mass is 10.1. The van der Waals surface area contributed by atoms with Crippen LogP contribution in [0.2, 0.25) is 0 Å². The largest absolute Gasteiger partial charge is 0.354 e. The predicted molar refractivity (Wildman–Crippen MR) is 128 cm³/mol. The van der Waals surface area contributed by atoms with Crippen LogP contribution >= 0.6 is 0 Å². The van der Waals surface area contributed by atoms with Crippen molar-refractivity contribution in [3.63, 3.8) is 0 Å². The van der Waals surface area contributed by atoms with Gasteiger partial charge in [0.25, 0.3) is 0 Å². The van der Waals surface area contributed by atoms with Gasteiger partial charge in [0, 0.05) is 43.7 Å². The quantitative estimate of drug-likeness (QED) is 0.632. The Morgan fingerprint density at radius 1 is 1.12 bits per heavy atom. The van der Waals surface area contributed by atoms with Crippen molar-refractivity contribution in [3.8, 4) is 5.69 Å². The number of hydrogen-bond acceptors (Lipinski definition) is 4. The summed E-state index contributed by atoms with van der Waals surface area (Å²) in [5, 5.41) is 4.88. The average Bonchev–Trinajstić information content (AvgIpc) is 3.40. The Morgan fingerprint density at radius 3 is 2.48 bits per heavy atom. The number of piperazine rings is 1. The first-order valence-corrected chi connectivity index (χ1v) is 12.7. The van der Waals surface area contributed by atoms with Crippen LogP contribution in [-0.2, 0) is 11.3 Å². The number of nitrogens with zero attached hydrogens (tertiary/aromatic N) is 5. The van der Waals surface area contributed by atoms with Crippen LogP contribution in [0.4, 0.5) is 10.2 Å². The summed E-state index contributed by atoms with van der Waals surface area (Å²) in [4.78, 5) is 20.4. The molecular weight excluding hydrogens is 417 g/mol. The molecule has 0 bridgehead atoms. The zero-order chi connectivity index (χ0) is 22.9. The molecule has 2 heterocycles. The normalized spacial score (nSPS) is 19.9. The van der Waals surface area contributed by atoms with Gasteiger partial charge in [-0.05, 0) is 57.4 Å². The first kappa shape index (κ1) is 22.4. The molecule has 2 aliphatic carbocycles. The Morgan fingerprint density at radius 2 is 1.85 bits per heavy atom. The topological polar surface area (TPSA) is 44.6 Å². The second-order valence-corrected chi connectivity index (χ2v) is 9.88. The SMILES string of the molecule is CCN1CCN(c2c(CN(C(=O)C3CCCC3)C3CC3)c(C)nn2-c2cccc(F)c2)CC1. The Hall–Kier alpha value is -2.41. The van der Waals surface area contributed by atoms with Crippen LogP contribution in [0.25, 0.3) is 5.69 Å². The molecule has 7 heteroatoms. The van der Waals surface area contributed by atoms with Crippen LogP contribution in [0, 0.1) is 18.7 Å². The van der Waals surface area contributed by atoms with Gasteiger partial charge in [-0.3, -0.25) is 4.79 Å². The molecule has 1 aromatic carbocycles. The van der Waals surface area contributed by atoms with Crippen molar-refractivity contribution in [2.24, 2.45) is 5.92 Å². The van der Waals surface area contributed by atoms with Gasteiger partial charge in [-0.25, -0.2) is 9.07 Å². The Balaban J connectivity index is 1.51. The Bertz CT molecular complexity index is 987. The molecule has 178 valence electrons. The number of amides is 1. The number of aromatic nitrogens is 2. The van der Waals surface area contributed by atoms with E-state index in [4.69, 9.17) is 5.10 Å². The highest BCUT2D eigenvalue weighted by molar-refractivity contribution is 5.80. The molecule has 0 unspecified atom stereocenters. The maximum Gasteiger partial charge on any atom is 0.226 e. The monoisotopic (exact) mass is 453 g/mol. The van der Waals surface area contributed by atoms with E-state index in [1.165, 1.54) is 18.9 Å². The molecule has 0 radical (unpaired) electrons. The maximum absolute atomic E-state index is 14.1. The molecule has 2 saturated carbocycles. The standard InChI is InChI=1S/C26H36FN5O/c1-3-29-13-15-30(16-14-29)25-24(19(2)28-32(25)23-10-6-9-21(27)17-23)18-31(22-11-12-22)26(33)20-7-4-5-8-20/h6,9-10,17,20,22H,3-5,7-8,11-16,18H2,1-2H3. The van der Waals surface area contributed by atoms with E-state index in [0.717, 1.165) is 81.2 Å². The van der Waals surface area contributed by atoms with E-state index in [9.17, 15) is 9.18 Å². The highest BCUT2D eigenvalue weighted by Gasteiger charge is 2.38. The Labute approximate surface area is 196 Å². The van der Waals surface area contributed by atoms with Crippen LogP contribution < -0.4 is 4.90 Å². The molecule has 0 spiro atoms. The summed E-state index contributed by atoms with van der Waals surface area (Å²) < 4.78 is 16.0. The fraction of sp³-hybridized carbons (Fsp3) is 0.615. The van der Waals surface area contributed by atoms with E-state index in [0.29, 0.717) is 18.5 Å². The highest BCUT2D eigenvalue weighted by atomic mass is 19.1. The molecule has 1 aliphatic heterocycles. The van der Waals surface area contributed by atoms with Gasteiger partial charge in [0.1, 0.15) is 11.6 Å². The molecule has 1 aromatic heterocycles. The summed E-state index contributed by atoms with van der Waals surface area (Å²) in [7, 11) is 0. The molecule has 3 fully saturated rings. The zero-order valence-corrected chi connectivity index (χ0v) is 20.0. The summed E-state index contributed by atoms with van der Waals surface area (Å²) in [5.74, 6) is 1.27. The van der Waals surface area contributed by atoms with Crippen molar-refractivity contribution in [2.75, 3.05) is 37.6 Å². The van der Waals surface area contributed by atoms with E-state index in [-0.39, 0.29) is 11.7 Å². The predicted octanol–water partition coefficient (Wildman–Crippen LogP) is 4.14. The lowest BCUT2D eigenvalue weighted by Crippen LogP contribution is -2.47. The molecule has 2 aromatic rings. The van der Waals surface area contributed by atoms with Crippen LogP contribution in [0.15, 0.2) is 24.3 Å². The first-order valence-electron chi connectivity index (χ1n) is 12.7.